The smallest absolute Gasteiger partial charge is 0.427 e. The second-order valence-electron chi connectivity index (χ2n) is 6.38. The highest BCUT2D eigenvalue weighted by Crippen LogP contribution is 2.36. The van der Waals surface area contributed by atoms with E-state index in [4.69, 9.17) is 14.0 Å². The molecule has 0 bridgehead atoms. The normalized spacial score (nSPS) is 19.6. The van der Waals surface area contributed by atoms with E-state index in [0.717, 1.165) is 11.9 Å². The molecular weight excluding hydrogens is 267 g/mol. The summed E-state index contributed by atoms with van der Waals surface area (Å²) in [6.07, 6.45) is 1.21. The van der Waals surface area contributed by atoms with Crippen LogP contribution in [0, 0.1) is 0 Å². The van der Waals surface area contributed by atoms with E-state index >= 15 is 0 Å². The van der Waals surface area contributed by atoms with E-state index in [1.54, 1.807) is 12.1 Å². The van der Waals surface area contributed by atoms with Gasteiger partial charge in [-0.3, -0.25) is 4.79 Å². The van der Waals surface area contributed by atoms with Gasteiger partial charge in [0.15, 0.2) is 0 Å². The number of hydrogen-bond acceptors (Lipinski definition) is 4. The lowest BCUT2D eigenvalue weighted by molar-refractivity contribution is -0.134. The molecular formula is C16H23BO4. The summed E-state index contributed by atoms with van der Waals surface area (Å²) < 4.78 is 17.2. The molecule has 0 unspecified atom stereocenters. The molecule has 0 radical (unpaired) electrons. The Kier molecular flexibility index (Phi) is 4.44. The highest BCUT2D eigenvalue weighted by atomic mass is 16.7. The Hall–Kier alpha value is -1.33. The number of esters is 1. The van der Waals surface area contributed by atoms with Gasteiger partial charge in [-0.2, -0.15) is 0 Å². The Morgan fingerprint density at radius 1 is 1.10 bits per heavy atom. The molecule has 1 heterocycles. The van der Waals surface area contributed by atoms with Crippen molar-refractivity contribution in [3.63, 3.8) is 0 Å². The lowest BCUT2D eigenvalue weighted by Crippen LogP contribution is -2.41. The fourth-order valence-corrected chi connectivity index (χ4v) is 2.06. The number of carbonyl (C=O) groups is 1. The van der Waals surface area contributed by atoms with Gasteiger partial charge in [0.2, 0.25) is 0 Å². The molecule has 1 aromatic rings. The Morgan fingerprint density at radius 2 is 1.62 bits per heavy atom. The molecule has 0 saturated carbocycles. The summed E-state index contributed by atoms with van der Waals surface area (Å²) >= 11 is 0. The van der Waals surface area contributed by atoms with Crippen LogP contribution in [0.15, 0.2) is 24.3 Å². The van der Waals surface area contributed by atoms with Crippen LogP contribution < -0.4 is 10.2 Å². The molecule has 1 fully saturated rings. The standard InChI is InChI=1S/C16H23BO4/c1-6-7-14(18)19-13-10-8-12(9-11-13)17-20-15(2,3)16(4,5)21-17/h8-11H,6-7H2,1-5H3. The fourth-order valence-electron chi connectivity index (χ4n) is 2.06. The number of carbonyl (C=O) groups excluding carboxylic acids is 1. The molecule has 5 heteroatoms. The molecule has 1 aliphatic heterocycles. The SMILES string of the molecule is CCCC(=O)Oc1ccc(B2OC(C)(C)C(C)(C)O2)cc1. The average Bonchev–Trinajstić information content (AvgIpc) is 2.59. The Labute approximate surface area is 126 Å². The van der Waals surface area contributed by atoms with Crippen molar-refractivity contribution in [3.8, 4) is 5.75 Å². The van der Waals surface area contributed by atoms with Crippen LogP contribution in [0.2, 0.25) is 0 Å². The zero-order valence-electron chi connectivity index (χ0n) is 13.4. The molecule has 0 atom stereocenters. The van der Waals surface area contributed by atoms with Crippen molar-refractivity contribution in [2.45, 2.75) is 58.7 Å². The van der Waals surface area contributed by atoms with Crippen molar-refractivity contribution in [3.05, 3.63) is 24.3 Å². The van der Waals surface area contributed by atoms with Gasteiger partial charge in [0.05, 0.1) is 11.2 Å². The first kappa shape index (κ1) is 16.1. The maximum absolute atomic E-state index is 11.5. The summed E-state index contributed by atoms with van der Waals surface area (Å²) in [6, 6.07) is 7.29. The monoisotopic (exact) mass is 290 g/mol. The molecule has 0 aromatic heterocycles. The van der Waals surface area contributed by atoms with Gasteiger partial charge in [-0.1, -0.05) is 19.1 Å². The first-order valence-corrected chi connectivity index (χ1v) is 7.41. The van der Waals surface area contributed by atoms with Crippen LogP contribution in [0.25, 0.3) is 0 Å². The molecule has 2 rings (SSSR count). The Bertz CT molecular complexity index is 492. The second kappa shape index (κ2) is 5.81. The minimum atomic E-state index is -0.393. The second-order valence-corrected chi connectivity index (χ2v) is 6.38. The number of ether oxygens (including phenoxy) is 1. The van der Waals surface area contributed by atoms with Crippen LogP contribution in [-0.2, 0) is 14.1 Å². The highest BCUT2D eigenvalue weighted by molar-refractivity contribution is 6.62. The summed E-state index contributed by atoms with van der Waals surface area (Å²) in [4.78, 5) is 11.5. The van der Waals surface area contributed by atoms with E-state index in [-0.39, 0.29) is 17.2 Å². The Morgan fingerprint density at radius 3 is 2.10 bits per heavy atom. The molecule has 114 valence electrons. The third kappa shape index (κ3) is 3.47. The highest BCUT2D eigenvalue weighted by Gasteiger charge is 2.51. The molecule has 1 aliphatic rings. The van der Waals surface area contributed by atoms with Crippen molar-refractivity contribution >= 4 is 18.6 Å². The molecule has 0 amide bonds. The van der Waals surface area contributed by atoms with E-state index in [1.807, 2.05) is 46.8 Å². The minimum Gasteiger partial charge on any atom is -0.427 e. The van der Waals surface area contributed by atoms with Gasteiger partial charge in [-0.15, -0.1) is 0 Å². The van der Waals surface area contributed by atoms with Crippen LogP contribution in [0.1, 0.15) is 47.5 Å². The fraction of sp³-hybridized carbons (Fsp3) is 0.562. The van der Waals surface area contributed by atoms with Crippen molar-refractivity contribution in [1.29, 1.82) is 0 Å². The lowest BCUT2D eigenvalue weighted by Gasteiger charge is -2.32. The van der Waals surface area contributed by atoms with Gasteiger partial charge >= 0.3 is 13.1 Å². The summed E-state index contributed by atoms with van der Waals surface area (Å²) in [6.45, 7) is 10.0. The van der Waals surface area contributed by atoms with Crippen LogP contribution in [0.3, 0.4) is 0 Å². The van der Waals surface area contributed by atoms with Gasteiger partial charge in [0.25, 0.3) is 0 Å². The quantitative estimate of drug-likeness (QED) is 0.486. The van der Waals surface area contributed by atoms with E-state index in [1.165, 1.54) is 0 Å². The summed E-state index contributed by atoms with van der Waals surface area (Å²) in [5.74, 6) is 0.342. The molecule has 4 nitrogen and oxygen atoms in total. The zero-order valence-corrected chi connectivity index (χ0v) is 13.4. The summed E-state index contributed by atoms with van der Waals surface area (Å²) in [7, 11) is -0.393. The van der Waals surface area contributed by atoms with Gasteiger partial charge in [0, 0.05) is 6.42 Å². The topological polar surface area (TPSA) is 44.8 Å². The van der Waals surface area contributed by atoms with Crippen molar-refractivity contribution < 1.29 is 18.8 Å². The predicted octanol–water partition coefficient (Wildman–Crippen LogP) is 2.69. The lowest BCUT2D eigenvalue weighted by atomic mass is 9.79. The minimum absolute atomic E-state index is 0.208. The first-order chi connectivity index (χ1) is 9.75. The number of hydrogen-bond donors (Lipinski definition) is 0. The van der Waals surface area contributed by atoms with Crippen molar-refractivity contribution in [2.24, 2.45) is 0 Å². The van der Waals surface area contributed by atoms with Crippen molar-refractivity contribution in [1.82, 2.24) is 0 Å². The largest absolute Gasteiger partial charge is 0.494 e. The van der Waals surface area contributed by atoms with E-state index in [9.17, 15) is 4.79 Å². The maximum Gasteiger partial charge on any atom is 0.494 e. The van der Waals surface area contributed by atoms with Crippen LogP contribution in [0.4, 0.5) is 0 Å². The molecule has 0 spiro atoms. The van der Waals surface area contributed by atoms with Gasteiger partial charge in [0.1, 0.15) is 5.75 Å². The van der Waals surface area contributed by atoms with Gasteiger partial charge in [-0.05, 0) is 51.7 Å². The van der Waals surface area contributed by atoms with E-state index in [2.05, 4.69) is 0 Å². The van der Waals surface area contributed by atoms with Crippen LogP contribution in [0.5, 0.6) is 5.75 Å². The predicted molar refractivity (Wildman–Crippen MR) is 82.7 cm³/mol. The summed E-state index contributed by atoms with van der Waals surface area (Å²) in [5, 5.41) is 0. The molecule has 0 aliphatic carbocycles. The molecule has 1 saturated heterocycles. The molecule has 1 aromatic carbocycles. The van der Waals surface area contributed by atoms with Gasteiger partial charge < -0.3 is 14.0 Å². The molecule has 0 N–H and O–H groups in total. The van der Waals surface area contributed by atoms with Crippen LogP contribution >= 0.6 is 0 Å². The third-order valence-corrected chi connectivity index (χ3v) is 4.09. The average molecular weight is 290 g/mol. The third-order valence-electron chi connectivity index (χ3n) is 4.09. The van der Waals surface area contributed by atoms with E-state index in [0.29, 0.717) is 12.2 Å². The summed E-state index contributed by atoms with van der Waals surface area (Å²) in [5.41, 5.74) is 0.206. The first-order valence-electron chi connectivity index (χ1n) is 7.41. The Balaban J connectivity index is 2.05. The molecule has 21 heavy (non-hydrogen) atoms. The zero-order chi connectivity index (χ0) is 15.7. The van der Waals surface area contributed by atoms with Crippen molar-refractivity contribution in [2.75, 3.05) is 0 Å². The number of benzene rings is 1. The van der Waals surface area contributed by atoms with Gasteiger partial charge in [-0.25, -0.2) is 0 Å². The maximum atomic E-state index is 11.5. The van der Waals surface area contributed by atoms with E-state index < -0.39 is 7.12 Å². The number of rotatable bonds is 4. The van der Waals surface area contributed by atoms with Crippen LogP contribution in [-0.4, -0.2) is 24.3 Å².